The van der Waals surface area contributed by atoms with E-state index in [1.165, 1.54) is 31.0 Å². The Kier molecular flexibility index (Phi) is 4.23. The smallest absolute Gasteiger partial charge is 0.130 e. The number of fused-ring (bicyclic) bond motifs is 1. The highest BCUT2D eigenvalue weighted by molar-refractivity contribution is 5.85. The normalized spacial score (nSPS) is 27.7. The standard InChI is InChI=1S/C14H17F2N.ClH/c15-11-5-3-6-12(16)14(11)13-8-7-10-4-1-2-9-17(10)13;/h3,5-6,10,13H,1-2,4,7-9H2;1H/t10-,13-;/m1./s1. The molecule has 2 saturated heterocycles. The number of hydrogen-bond acceptors (Lipinski definition) is 1. The molecule has 100 valence electrons. The molecule has 2 heterocycles. The predicted molar refractivity (Wildman–Crippen MR) is 69.9 cm³/mol. The lowest BCUT2D eigenvalue weighted by Crippen LogP contribution is -2.36. The summed E-state index contributed by atoms with van der Waals surface area (Å²) in [5.41, 5.74) is 0.289. The Labute approximate surface area is 113 Å². The first-order chi connectivity index (χ1) is 8.27. The highest BCUT2D eigenvalue weighted by Crippen LogP contribution is 2.41. The van der Waals surface area contributed by atoms with Gasteiger partial charge in [0.05, 0.1) is 0 Å². The maximum atomic E-state index is 13.8. The van der Waals surface area contributed by atoms with Crippen molar-refractivity contribution in [3.8, 4) is 0 Å². The Morgan fingerprint density at radius 3 is 2.44 bits per heavy atom. The molecule has 0 radical (unpaired) electrons. The van der Waals surface area contributed by atoms with Gasteiger partial charge in [-0.15, -0.1) is 12.4 Å². The summed E-state index contributed by atoms with van der Waals surface area (Å²) in [5, 5.41) is 0. The number of rotatable bonds is 1. The van der Waals surface area contributed by atoms with Crippen molar-refractivity contribution in [2.24, 2.45) is 0 Å². The number of piperidine rings is 1. The summed E-state index contributed by atoms with van der Waals surface area (Å²) in [6.07, 6.45) is 5.57. The summed E-state index contributed by atoms with van der Waals surface area (Å²) in [7, 11) is 0. The van der Waals surface area contributed by atoms with Crippen LogP contribution in [0.4, 0.5) is 8.78 Å². The molecular weight excluding hydrogens is 256 g/mol. The fourth-order valence-corrected chi connectivity index (χ4v) is 3.40. The van der Waals surface area contributed by atoms with E-state index in [9.17, 15) is 8.78 Å². The first-order valence-corrected chi connectivity index (χ1v) is 6.47. The molecule has 2 aliphatic rings. The molecule has 3 rings (SSSR count). The lowest BCUT2D eigenvalue weighted by molar-refractivity contribution is 0.145. The molecule has 2 atom stereocenters. The lowest BCUT2D eigenvalue weighted by Gasteiger charge is -2.34. The molecule has 0 N–H and O–H groups in total. The van der Waals surface area contributed by atoms with Gasteiger partial charge in [-0.25, -0.2) is 8.78 Å². The zero-order valence-electron chi connectivity index (χ0n) is 10.2. The van der Waals surface area contributed by atoms with Crippen LogP contribution >= 0.6 is 12.4 Å². The van der Waals surface area contributed by atoms with Crippen LogP contribution in [0.2, 0.25) is 0 Å². The SMILES string of the molecule is Cl.Fc1cccc(F)c1[C@H]1CC[C@H]2CCCCN21. The second-order valence-corrected chi connectivity index (χ2v) is 5.12. The van der Waals surface area contributed by atoms with Crippen LogP contribution in [0.15, 0.2) is 18.2 Å². The van der Waals surface area contributed by atoms with E-state index in [0.717, 1.165) is 25.8 Å². The quantitative estimate of drug-likeness (QED) is 0.745. The molecule has 0 bridgehead atoms. The third-order valence-corrected chi connectivity index (χ3v) is 4.18. The minimum Gasteiger partial charge on any atom is -0.293 e. The van der Waals surface area contributed by atoms with Gasteiger partial charge in [0.15, 0.2) is 0 Å². The Bertz CT molecular complexity index is 404. The molecule has 2 fully saturated rings. The summed E-state index contributed by atoms with van der Waals surface area (Å²) in [5.74, 6) is -0.776. The molecule has 0 saturated carbocycles. The number of benzene rings is 1. The molecule has 1 aromatic carbocycles. The van der Waals surface area contributed by atoms with E-state index in [0.29, 0.717) is 6.04 Å². The Hall–Kier alpha value is -0.670. The van der Waals surface area contributed by atoms with E-state index in [1.54, 1.807) is 0 Å². The van der Waals surface area contributed by atoms with E-state index in [1.807, 2.05) is 0 Å². The Balaban J connectivity index is 0.00000120. The van der Waals surface area contributed by atoms with Crippen LogP contribution in [-0.2, 0) is 0 Å². The molecular formula is C14H18ClF2N. The average molecular weight is 274 g/mol. The fourth-order valence-electron chi connectivity index (χ4n) is 3.40. The van der Waals surface area contributed by atoms with Gasteiger partial charge in [-0.3, -0.25) is 4.90 Å². The predicted octanol–water partition coefficient (Wildman–Crippen LogP) is 4.08. The molecule has 2 aliphatic heterocycles. The van der Waals surface area contributed by atoms with Crippen molar-refractivity contribution in [1.82, 2.24) is 4.90 Å². The van der Waals surface area contributed by atoms with Gasteiger partial charge in [-0.05, 0) is 44.4 Å². The van der Waals surface area contributed by atoms with E-state index >= 15 is 0 Å². The van der Waals surface area contributed by atoms with Gasteiger partial charge in [-0.2, -0.15) is 0 Å². The van der Waals surface area contributed by atoms with Gasteiger partial charge >= 0.3 is 0 Å². The Morgan fingerprint density at radius 1 is 1.00 bits per heavy atom. The summed E-state index contributed by atoms with van der Waals surface area (Å²) < 4.78 is 27.6. The molecule has 0 amide bonds. The highest BCUT2D eigenvalue weighted by Gasteiger charge is 2.37. The first-order valence-electron chi connectivity index (χ1n) is 6.47. The van der Waals surface area contributed by atoms with E-state index in [4.69, 9.17) is 0 Å². The van der Waals surface area contributed by atoms with Crippen LogP contribution in [-0.4, -0.2) is 17.5 Å². The summed E-state index contributed by atoms with van der Waals surface area (Å²) >= 11 is 0. The molecule has 18 heavy (non-hydrogen) atoms. The lowest BCUT2D eigenvalue weighted by atomic mass is 10.0. The molecule has 0 aliphatic carbocycles. The molecule has 1 nitrogen and oxygen atoms in total. The van der Waals surface area contributed by atoms with Crippen molar-refractivity contribution in [2.45, 2.75) is 44.2 Å². The van der Waals surface area contributed by atoms with Crippen LogP contribution in [0.1, 0.15) is 43.7 Å². The third-order valence-electron chi connectivity index (χ3n) is 4.18. The number of halogens is 3. The number of hydrogen-bond donors (Lipinski definition) is 0. The molecule has 0 spiro atoms. The van der Waals surface area contributed by atoms with Crippen molar-refractivity contribution >= 4 is 12.4 Å². The van der Waals surface area contributed by atoms with Gasteiger partial charge in [0.25, 0.3) is 0 Å². The van der Waals surface area contributed by atoms with Crippen LogP contribution in [0, 0.1) is 11.6 Å². The fraction of sp³-hybridized carbons (Fsp3) is 0.571. The summed E-state index contributed by atoms with van der Waals surface area (Å²) in [6.45, 7) is 0.989. The van der Waals surface area contributed by atoms with E-state index < -0.39 is 0 Å². The zero-order chi connectivity index (χ0) is 11.8. The van der Waals surface area contributed by atoms with Gasteiger partial charge in [0.2, 0.25) is 0 Å². The minimum absolute atomic E-state index is 0. The van der Waals surface area contributed by atoms with Gasteiger partial charge in [-0.1, -0.05) is 12.5 Å². The molecule has 0 aromatic heterocycles. The topological polar surface area (TPSA) is 3.24 Å². The van der Waals surface area contributed by atoms with Crippen LogP contribution in [0.3, 0.4) is 0 Å². The van der Waals surface area contributed by atoms with E-state index in [-0.39, 0.29) is 35.6 Å². The average Bonchev–Trinajstić information content (AvgIpc) is 2.73. The second-order valence-electron chi connectivity index (χ2n) is 5.12. The van der Waals surface area contributed by atoms with Crippen LogP contribution in [0.5, 0.6) is 0 Å². The molecule has 0 unspecified atom stereocenters. The second kappa shape index (κ2) is 5.54. The Morgan fingerprint density at radius 2 is 1.72 bits per heavy atom. The minimum atomic E-state index is -0.388. The highest BCUT2D eigenvalue weighted by atomic mass is 35.5. The summed E-state index contributed by atoms with van der Waals surface area (Å²) in [6, 6.07) is 4.69. The van der Waals surface area contributed by atoms with Crippen LogP contribution < -0.4 is 0 Å². The van der Waals surface area contributed by atoms with Gasteiger partial charge in [0, 0.05) is 17.6 Å². The van der Waals surface area contributed by atoms with Crippen molar-refractivity contribution < 1.29 is 8.78 Å². The maximum absolute atomic E-state index is 13.8. The van der Waals surface area contributed by atoms with Crippen molar-refractivity contribution in [2.75, 3.05) is 6.54 Å². The maximum Gasteiger partial charge on any atom is 0.130 e. The first kappa shape index (κ1) is 13.8. The largest absolute Gasteiger partial charge is 0.293 e. The van der Waals surface area contributed by atoms with Crippen molar-refractivity contribution in [3.63, 3.8) is 0 Å². The zero-order valence-corrected chi connectivity index (χ0v) is 11.1. The third kappa shape index (κ3) is 2.26. The van der Waals surface area contributed by atoms with Crippen LogP contribution in [0.25, 0.3) is 0 Å². The summed E-state index contributed by atoms with van der Waals surface area (Å²) in [4.78, 5) is 2.31. The number of nitrogens with zero attached hydrogens (tertiary/aromatic N) is 1. The molecule has 4 heteroatoms. The monoisotopic (exact) mass is 273 g/mol. The van der Waals surface area contributed by atoms with Gasteiger partial charge < -0.3 is 0 Å². The van der Waals surface area contributed by atoms with Gasteiger partial charge in [0.1, 0.15) is 11.6 Å². The van der Waals surface area contributed by atoms with Crippen molar-refractivity contribution in [3.05, 3.63) is 35.4 Å². The van der Waals surface area contributed by atoms with E-state index in [2.05, 4.69) is 4.90 Å². The molecule has 1 aromatic rings. The van der Waals surface area contributed by atoms with Crippen molar-refractivity contribution in [1.29, 1.82) is 0 Å².